The normalized spacial score (nSPS) is 12.1. The molecule has 0 aliphatic carbocycles. The highest BCUT2D eigenvalue weighted by atomic mass is 32.2. The third-order valence-electron chi connectivity index (χ3n) is 3.49. The Labute approximate surface area is 134 Å². The van der Waals surface area contributed by atoms with E-state index in [9.17, 15) is 13.4 Å². The molecule has 3 rings (SSSR count). The summed E-state index contributed by atoms with van der Waals surface area (Å²) >= 11 is 0. The Morgan fingerprint density at radius 2 is 1.61 bits per heavy atom. The van der Waals surface area contributed by atoms with E-state index in [-0.39, 0.29) is 11.4 Å². The van der Waals surface area contributed by atoms with Gasteiger partial charge in [-0.05, 0) is 35.4 Å². The first-order valence-corrected chi connectivity index (χ1v) is 8.39. The lowest BCUT2D eigenvalue weighted by molar-refractivity contribution is 0.628. The number of hydrogen-bond acceptors (Lipinski definition) is 3. The van der Waals surface area contributed by atoms with E-state index in [0.717, 1.165) is 5.56 Å². The van der Waals surface area contributed by atoms with E-state index in [2.05, 4.69) is 10.2 Å². The lowest BCUT2D eigenvalue weighted by atomic mass is 9.97. The van der Waals surface area contributed by atoms with Crippen LogP contribution >= 0.6 is 0 Å². The molecule has 1 aromatic heterocycles. The van der Waals surface area contributed by atoms with Gasteiger partial charge in [0.1, 0.15) is 5.82 Å². The van der Waals surface area contributed by atoms with Gasteiger partial charge in [-0.1, -0.05) is 24.3 Å². The van der Waals surface area contributed by atoms with Gasteiger partial charge in [0.05, 0.1) is 11.8 Å². The van der Waals surface area contributed by atoms with Crippen molar-refractivity contribution in [3.05, 3.63) is 70.9 Å². The van der Waals surface area contributed by atoms with E-state index in [0.29, 0.717) is 21.6 Å². The van der Waals surface area contributed by atoms with Gasteiger partial charge in [-0.3, -0.25) is 9.00 Å². The molecule has 0 spiro atoms. The van der Waals surface area contributed by atoms with Crippen LogP contribution in [0.4, 0.5) is 4.39 Å². The summed E-state index contributed by atoms with van der Waals surface area (Å²) in [5.41, 5.74) is 2.08. The Morgan fingerprint density at radius 3 is 2.22 bits per heavy atom. The van der Waals surface area contributed by atoms with Crippen LogP contribution in [0.5, 0.6) is 0 Å². The van der Waals surface area contributed by atoms with Crippen molar-refractivity contribution >= 4 is 10.8 Å². The summed E-state index contributed by atoms with van der Waals surface area (Å²) in [6, 6.07) is 12.8. The molecule has 2 aromatic carbocycles. The second kappa shape index (κ2) is 6.26. The zero-order valence-electron chi connectivity index (χ0n) is 12.2. The number of halogens is 1. The second-order valence-corrected chi connectivity index (χ2v) is 6.35. The Hall–Kier alpha value is -2.60. The molecular formula is C17H13FN2O2S. The van der Waals surface area contributed by atoms with Crippen LogP contribution in [-0.4, -0.2) is 20.7 Å². The molecule has 116 valence electrons. The molecule has 3 aromatic rings. The minimum Gasteiger partial charge on any atom is -0.267 e. The van der Waals surface area contributed by atoms with E-state index in [4.69, 9.17) is 0 Å². The minimum absolute atomic E-state index is 0.350. The van der Waals surface area contributed by atoms with Crippen molar-refractivity contribution in [2.45, 2.75) is 4.90 Å². The fourth-order valence-corrected chi connectivity index (χ4v) is 2.87. The SMILES string of the molecule is CS(=O)c1ccc(-c2cn[nH]c(=O)c2-c2ccc(F)cc2)cc1. The number of rotatable bonds is 3. The summed E-state index contributed by atoms with van der Waals surface area (Å²) in [5, 5.41) is 6.26. The highest BCUT2D eigenvalue weighted by Gasteiger charge is 2.12. The molecule has 0 fully saturated rings. The highest BCUT2D eigenvalue weighted by Crippen LogP contribution is 2.29. The molecular weight excluding hydrogens is 315 g/mol. The van der Waals surface area contributed by atoms with Gasteiger partial charge >= 0.3 is 0 Å². The zero-order valence-corrected chi connectivity index (χ0v) is 13.1. The summed E-state index contributed by atoms with van der Waals surface area (Å²) in [5.74, 6) is -0.365. The minimum atomic E-state index is -1.07. The van der Waals surface area contributed by atoms with Crippen LogP contribution in [-0.2, 0) is 10.8 Å². The zero-order chi connectivity index (χ0) is 16.4. The Morgan fingerprint density at radius 1 is 1.00 bits per heavy atom. The van der Waals surface area contributed by atoms with Crippen molar-refractivity contribution in [2.24, 2.45) is 0 Å². The summed E-state index contributed by atoms with van der Waals surface area (Å²) < 4.78 is 24.6. The molecule has 0 amide bonds. The standard InChI is InChI=1S/C17H13FN2O2S/c1-23(22)14-8-4-11(5-9-14)15-10-19-20-17(21)16(15)12-2-6-13(18)7-3-12/h2-10H,1H3,(H,20,21). The molecule has 0 aliphatic rings. The number of nitrogens with zero attached hydrogens (tertiary/aromatic N) is 1. The van der Waals surface area contributed by atoms with Crippen molar-refractivity contribution in [2.75, 3.05) is 6.26 Å². The van der Waals surface area contributed by atoms with Crippen LogP contribution in [0, 0.1) is 5.82 Å². The third kappa shape index (κ3) is 3.12. The van der Waals surface area contributed by atoms with E-state index in [1.54, 1.807) is 48.9 Å². The second-order valence-electron chi connectivity index (χ2n) is 4.97. The van der Waals surface area contributed by atoms with Gasteiger partial charge in [0.2, 0.25) is 0 Å². The van der Waals surface area contributed by atoms with Crippen LogP contribution in [0.25, 0.3) is 22.3 Å². The molecule has 1 N–H and O–H groups in total. The number of benzene rings is 2. The molecule has 4 nitrogen and oxygen atoms in total. The van der Waals surface area contributed by atoms with Gasteiger partial charge in [0.25, 0.3) is 5.56 Å². The van der Waals surface area contributed by atoms with E-state index < -0.39 is 10.8 Å². The average Bonchev–Trinajstić information content (AvgIpc) is 2.56. The lowest BCUT2D eigenvalue weighted by Crippen LogP contribution is -2.12. The van der Waals surface area contributed by atoms with Crippen LogP contribution in [0.15, 0.2) is 64.4 Å². The fraction of sp³-hybridized carbons (Fsp3) is 0.0588. The first kappa shape index (κ1) is 15.3. The molecule has 1 unspecified atom stereocenters. The molecule has 1 atom stereocenters. The maximum atomic E-state index is 13.1. The number of H-pyrrole nitrogens is 1. The number of nitrogens with one attached hydrogen (secondary N) is 1. The van der Waals surface area contributed by atoms with Gasteiger partial charge < -0.3 is 0 Å². The highest BCUT2D eigenvalue weighted by molar-refractivity contribution is 7.84. The molecule has 6 heteroatoms. The van der Waals surface area contributed by atoms with Crippen LogP contribution in [0.2, 0.25) is 0 Å². The largest absolute Gasteiger partial charge is 0.272 e. The maximum absolute atomic E-state index is 13.1. The summed E-state index contributed by atoms with van der Waals surface area (Å²) in [4.78, 5) is 12.9. The van der Waals surface area contributed by atoms with Gasteiger partial charge in [0, 0.05) is 27.5 Å². The molecule has 23 heavy (non-hydrogen) atoms. The fourth-order valence-electron chi connectivity index (χ4n) is 2.35. The first-order valence-electron chi connectivity index (χ1n) is 6.84. The van der Waals surface area contributed by atoms with E-state index in [1.807, 2.05) is 0 Å². The van der Waals surface area contributed by atoms with E-state index >= 15 is 0 Å². The first-order chi connectivity index (χ1) is 11.1. The monoisotopic (exact) mass is 328 g/mol. The molecule has 0 bridgehead atoms. The average molecular weight is 328 g/mol. The van der Waals surface area contributed by atoms with Crippen LogP contribution in [0.3, 0.4) is 0 Å². The van der Waals surface area contributed by atoms with Crippen molar-refractivity contribution < 1.29 is 8.60 Å². The van der Waals surface area contributed by atoms with Crippen LogP contribution in [0.1, 0.15) is 0 Å². The van der Waals surface area contributed by atoms with Crippen LogP contribution < -0.4 is 5.56 Å². The predicted octanol–water partition coefficient (Wildman–Crippen LogP) is 2.98. The number of hydrogen-bond donors (Lipinski definition) is 1. The Bertz CT molecular complexity index is 919. The summed E-state index contributed by atoms with van der Waals surface area (Å²) in [6.45, 7) is 0. The van der Waals surface area contributed by atoms with Crippen molar-refractivity contribution in [3.63, 3.8) is 0 Å². The Kier molecular flexibility index (Phi) is 4.16. The van der Waals surface area contributed by atoms with Gasteiger partial charge in [-0.25, -0.2) is 9.49 Å². The van der Waals surface area contributed by atoms with E-state index in [1.165, 1.54) is 12.1 Å². The summed E-state index contributed by atoms with van der Waals surface area (Å²) in [6.07, 6.45) is 3.16. The van der Waals surface area contributed by atoms with Crippen molar-refractivity contribution in [1.29, 1.82) is 0 Å². The smallest absolute Gasteiger partial charge is 0.267 e. The van der Waals surface area contributed by atoms with Gasteiger partial charge in [-0.15, -0.1) is 0 Å². The molecule has 1 heterocycles. The quantitative estimate of drug-likeness (QED) is 0.804. The van der Waals surface area contributed by atoms with Gasteiger partial charge in [0.15, 0.2) is 0 Å². The lowest BCUT2D eigenvalue weighted by Gasteiger charge is -2.09. The molecule has 0 radical (unpaired) electrons. The Balaban J connectivity index is 2.16. The topological polar surface area (TPSA) is 62.8 Å². The molecule has 0 saturated heterocycles. The van der Waals surface area contributed by atoms with Crippen molar-refractivity contribution in [1.82, 2.24) is 10.2 Å². The third-order valence-corrected chi connectivity index (χ3v) is 4.42. The number of aromatic amines is 1. The van der Waals surface area contributed by atoms with Gasteiger partial charge in [-0.2, -0.15) is 5.10 Å². The molecule has 0 aliphatic heterocycles. The maximum Gasteiger partial charge on any atom is 0.272 e. The van der Waals surface area contributed by atoms with Crippen molar-refractivity contribution in [3.8, 4) is 22.3 Å². The summed E-state index contributed by atoms with van der Waals surface area (Å²) in [7, 11) is -1.07. The predicted molar refractivity (Wildman–Crippen MR) is 88.0 cm³/mol. The number of aromatic nitrogens is 2. The molecule has 0 saturated carbocycles.